The number of hydrogen-bond acceptors (Lipinski definition) is 3. The van der Waals surface area contributed by atoms with Gasteiger partial charge in [-0.3, -0.25) is 4.79 Å². The molecule has 0 saturated carbocycles. The standard InChI is InChI=1S/C14H20N2O2/c1-7-8(2)13-10(6-14(4,5)18-13)11(15)12(7)16-9(3)17/h6,15H2,1-5H3,(H,16,17). The van der Waals surface area contributed by atoms with Gasteiger partial charge in [0.05, 0.1) is 11.4 Å². The SMILES string of the molecule is CC(=O)Nc1c(C)c(C)c2c(c1N)CC(C)(C)O2. The minimum atomic E-state index is -0.234. The van der Waals surface area contributed by atoms with Crippen molar-refractivity contribution in [1.29, 1.82) is 0 Å². The number of nitrogens with one attached hydrogen (secondary N) is 1. The van der Waals surface area contributed by atoms with Crippen LogP contribution in [0.25, 0.3) is 0 Å². The summed E-state index contributed by atoms with van der Waals surface area (Å²) in [5.41, 5.74) is 10.3. The van der Waals surface area contributed by atoms with Crippen LogP contribution in [0.5, 0.6) is 5.75 Å². The summed E-state index contributed by atoms with van der Waals surface area (Å²) in [6.45, 7) is 9.52. The zero-order chi connectivity index (χ0) is 13.7. The third-order valence-electron chi connectivity index (χ3n) is 3.43. The van der Waals surface area contributed by atoms with Crippen molar-refractivity contribution in [1.82, 2.24) is 0 Å². The molecule has 1 aliphatic rings. The topological polar surface area (TPSA) is 64.4 Å². The first-order valence-corrected chi connectivity index (χ1v) is 6.11. The number of carbonyl (C=O) groups excluding carboxylic acids is 1. The van der Waals surface area contributed by atoms with Crippen LogP contribution in [0, 0.1) is 13.8 Å². The summed E-state index contributed by atoms with van der Waals surface area (Å²) in [6, 6.07) is 0. The number of ether oxygens (including phenoxy) is 1. The smallest absolute Gasteiger partial charge is 0.221 e. The molecule has 0 radical (unpaired) electrons. The second-order valence-electron chi connectivity index (χ2n) is 5.57. The summed E-state index contributed by atoms with van der Waals surface area (Å²) in [6.07, 6.45) is 0.766. The van der Waals surface area contributed by atoms with Crippen molar-refractivity contribution in [3.63, 3.8) is 0 Å². The van der Waals surface area contributed by atoms with Crippen molar-refractivity contribution < 1.29 is 9.53 Å². The molecule has 3 N–H and O–H groups in total. The highest BCUT2D eigenvalue weighted by molar-refractivity contribution is 5.95. The summed E-state index contributed by atoms with van der Waals surface area (Å²) in [7, 11) is 0. The zero-order valence-corrected chi connectivity index (χ0v) is 11.6. The number of anilines is 2. The van der Waals surface area contributed by atoms with E-state index in [4.69, 9.17) is 10.5 Å². The van der Waals surface area contributed by atoms with Gasteiger partial charge in [0.2, 0.25) is 5.91 Å². The monoisotopic (exact) mass is 248 g/mol. The van der Waals surface area contributed by atoms with Gasteiger partial charge in [-0.2, -0.15) is 0 Å². The van der Waals surface area contributed by atoms with Gasteiger partial charge < -0.3 is 15.8 Å². The van der Waals surface area contributed by atoms with E-state index in [2.05, 4.69) is 5.32 Å². The molecule has 1 amide bonds. The predicted molar refractivity (Wildman–Crippen MR) is 73.0 cm³/mol. The van der Waals surface area contributed by atoms with Gasteiger partial charge in [-0.25, -0.2) is 0 Å². The molecule has 1 aromatic carbocycles. The van der Waals surface area contributed by atoms with E-state index in [0.717, 1.165) is 34.5 Å². The maximum absolute atomic E-state index is 11.3. The van der Waals surface area contributed by atoms with Gasteiger partial charge in [0.15, 0.2) is 0 Å². The van der Waals surface area contributed by atoms with Crippen LogP contribution in [-0.2, 0) is 11.2 Å². The van der Waals surface area contributed by atoms with E-state index in [9.17, 15) is 4.79 Å². The lowest BCUT2D eigenvalue weighted by molar-refractivity contribution is -0.114. The molecule has 0 aromatic heterocycles. The Morgan fingerprint density at radius 3 is 2.50 bits per heavy atom. The molecule has 0 fully saturated rings. The average molecular weight is 248 g/mol. The number of fused-ring (bicyclic) bond motifs is 1. The second-order valence-corrected chi connectivity index (χ2v) is 5.57. The van der Waals surface area contributed by atoms with Gasteiger partial charge in [-0.1, -0.05) is 0 Å². The Morgan fingerprint density at radius 1 is 1.33 bits per heavy atom. The fourth-order valence-corrected chi connectivity index (χ4v) is 2.45. The average Bonchev–Trinajstić information content (AvgIpc) is 2.58. The number of rotatable bonds is 1. The molecule has 1 heterocycles. The molecule has 1 aromatic rings. The van der Waals surface area contributed by atoms with Gasteiger partial charge in [-0.15, -0.1) is 0 Å². The van der Waals surface area contributed by atoms with E-state index in [0.29, 0.717) is 5.69 Å². The molecule has 0 saturated heterocycles. The summed E-state index contributed by atoms with van der Waals surface area (Å²) in [5.74, 6) is 0.770. The van der Waals surface area contributed by atoms with Crippen LogP contribution in [0.4, 0.5) is 11.4 Å². The van der Waals surface area contributed by atoms with Crippen molar-refractivity contribution in [2.75, 3.05) is 11.1 Å². The molecule has 0 aliphatic carbocycles. The highest BCUT2D eigenvalue weighted by Gasteiger charge is 2.34. The third kappa shape index (κ3) is 1.92. The third-order valence-corrected chi connectivity index (χ3v) is 3.43. The Morgan fingerprint density at radius 2 is 1.94 bits per heavy atom. The van der Waals surface area contributed by atoms with E-state index < -0.39 is 0 Å². The number of benzene rings is 1. The van der Waals surface area contributed by atoms with E-state index in [1.807, 2.05) is 27.7 Å². The number of amides is 1. The molecular formula is C14H20N2O2. The van der Waals surface area contributed by atoms with Gasteiger partial charge in [0.1, 0.15) is 11.4 Å². The highest BCUT2D eigenvalue weighted by atomic mass is 16.5. The minimum Gasteiger partial charge on any atom is -0.487 e. The molecule has 0 atom stereocenters. The molecule has 4 nitrogen and oxygen atoms in total. The van der Waals surface area contributed by atoms with Crippen molar-refractivity contribution in [2.45, 2.75) is 46.6 Å². The van der Waals surface area contributed by atoms with Crippen LogP contribution >= 0.6 is 0 Å². The second kappa shape index (κ2) is 3.90. The van der Waals surface area contributed by atoms with Crippen molar-refractivity contribution in [3.05, 3.63) is 16.7 Å². The highest BCUT2D eigenvalue weighted by Crippen LogP contribution is 2.46. The number of hydrogen-bond donors (Lipinski definition) is 2. The molecule has 0 spiro atoms. The largest absolute Gasteiger partial charge is 0.487 e. The molecule has 0 unspecified atom stereocenters. The first-order chi connectivity index (χ1) is 8.23. The van der Waals surface area contributed by atoms with Crippen LogP contribution < -0.4 is 15.8 Å². The minimum absolute atomic E-state index is 0.109. The zero-order valence-electron chi connectivity index (χ0n) is 11.6. The van der Waals surface area contributed by atoms with Crippen LogP contribution in [0.1, 0.15) is 37.5 Å². The van der Waals surface area contributed by atoms with E-state index in [1.165, 1.54) is 6.92 Å². The summed E-state index contributed by atoms with van der Waals surface area (Å²) in [5, 5.41) is 2.82. The van der Waals surface area contributed by atoms with E-state index in [-0.39, 0.29) is 11.5 Å². The lowest BCUT2D eigenvalue weighted by atomic mass is 9.95. The van der Waals surface area contributed by atoms with Gasteiger partial charge in [0, 0.05) is 18.9 Å². The summed E-state index contributed by atoms with van der Waals surface area (Å²) >= 11 is 0. The summed E-state index contributed by atoms with van der Waals surface area (Å²) < 4.78 is 5.95. The fraction of sp³-hybridized carbons (Fsp3) is 0.500. The first-order valence-electron chi connectivity index (χ1n) is 6.11. The Hall–Kier alpha value is -1.71. The molecule has 0 bridgehead atoms. The Balaban J connectivity index is 2.62. The maximum Gasteiger partial charge on any atom is 0.221 e. The quantitative estimate of drug-likeness (QED) is 0.751. The number of nitrogens with two attached hydrogens (primary N) is 1. The lowest BCUT2D eigenvalue weighted by Crippen LogP contribution is -2.24. The van der Waals surface area contributed by atoms with Crippen LogP contribution in [-0.4, -0.2) is 11.5 Å². The normalized spacial score (nSPS) is 16.1. The molecule has 4 heteroatoms. The fourth-order valence-electron chi connectivity index (χ4n) is 2.45. The van der Waals surface area contributed by atoms with Crippen LogP contribution in [0.15, 0.2) is 0 Å². The van der Waals surface area contributed by atoms with Crippen molar-refractivity contribution in [3.8, 4) is 5.75 Å². The van der Waals surface area contributed by atoms with E-state index in [1.54, 1.807) is 0 Å². The van der Waals surface area contributed by atoms with Crippen molar-refractivity contribution in [2.24, 2.45) is 0 Å². The Kier molecular flexibility index (Phi) is 2.76. The molecule has 1 aliphatic heterocycles. The molecule has 18 heavy (non-hydrogen) atoms. The lowest BCUT2D eigenvalue weighted by Gasteiger charge is -2.19. The van der Waals surface area contributed by atoms with Crippen molar-refractivity contribution >= 4 is 17.3 Å². The maximum atomic E-state index is 11.3. The van der Waals surface area contributed by atoms with Gasteiger partial charge in [0.25, 0.3) is 0 Å². The Labute approximate surface area is 108 Å². The first kappa shape index (κ1) is 12.7. The van der Waals surface area contributed by atoms with E-state index >= 15 is 0 Å². The molecule has 2 rings (SSSR count). The summed E-state index contributed by atoms with van der Waals surface area (Å²) in [4.78, 5) is 11.3. The molecule has 98 valence electrons. The van der Waals surface area contributed by atoms with Crippen LogP contribution in [0.3, 0.4) is 0 Å². The number of carbonyl (C=O) groups is 1. The van der Waals surface area contributed by atoms with Gasteiger partial charge >= 0.3 is 0 Å². The molecular weight excluding hydrogens is 228 g/mol. The van der Waals surface area contributed by atoms with Crippen LogP contribution in [0.2, 0.25) is 0 Å². The van der Waals surface area contributed by atoms with Gasteiger partial charge in [-0.05, 0) is 38.8 Å². The Bertz CT molecular complexity index is 533. The number of nitrogen functional groups attached to an aromatic ring is 1. The predicted octanol–water partition coefficient (Wildman–Crippen LogP) is 2.56.